The molecular formula is C32H33ClN4O5. The van der Waals surface area contributed by atoms with E-state index in [1.165, 1.54) is 12.7 Å². The van der Waals surface area contributed by atoms with Gasteiger partial charge in [0.15, 0.2) is 11.5 Å². The van der Waals surface area contributed by atoms with E-state index in [-0.39, 0.29) is 12.1 Å². The van der Waals surface area contributed by atoms with Crippen molar-refractivity contribution in [1.29, 1.82) is 0 Å². The topological polar surface area (TPSA) is 87.9 Å². The number of benzene rings is 2. The Balaban J connectivity index is 1.07. The van der Waals surface area contributed by atoms with E-state index in [1.54, 1.807) is 18.3 Å². The average molecular weight is 589 g/mol. The third-order valence-electron chi connectivity index (χ3n) is 8.62. The molecule has 5 heterocycles. The van der Waals surface area contributed by atoms with Crippen molar-refractivity contribution in [2.24, 2.45) is 0 Å². The highest BCUT2D eigenvalue weighted by Crippen LogP contribution is 2.49. The van der Waals surface area contributed by atoms with Crippen LogP contribution in [-0.4, -0.2) is 58.3 Å². The predicted molar refractivity (Wildman–Crippen MR) is 157 cm³/mol. The standard InChI is InChI=1S/C32H33ClN4O5/c1-32(28-9-7-22(33)17-34-28)41-27-5-3-4-24(30(27)42-32)20-10-13-36(14-11-20)19-29-35-25-8-6-21(31(38)39-2)16-26(25)37(29)18-23-12-15-40-23/h3-9,16-17,20,23H,10-15,18-19H2,1-2H3/t23-,32?/m0/s1. The number of ether oxygens (including phenoxy) is 4. The maximum Gasteiger partial charge on any atom is 0.337 e. The van der Waals surface area contributed by atoms with Gasteiger partial charge in [0.05, 0.1) is 47.9 Å². The van der Waals surface area contributed by atoms with Gasteiger partial charge < -0.3 is 23.5 Å². The zero-order valence-electron chi connectivity index (χ0n) is 23.7. The smallest absolute Gasteiger partial charge is 0.337 e. The molecule has 2 atom stereocenters. The third kappa shape index (κ3) is 4.99. The van der Waals surface area contributed by atoms with Crippen molar-refractivity contribution >= 4 is 28.6 Å². The molecule has 0 aliphatic carbocycles. The van der Waals surface area contributed by atoms with Crippen LogP contribution >= 0.6 is 11.6 Å². The summed E-state index contributed by atoms with van der Waals surface area (Å²) in [5.74, 6) is 1.54. The van der Waals surface area contributed by atoms with E-state index in [9.17, 15) is 4.79 Å². The zero-order valence-corrected chi connectivity index (χ0v) is 24.5. The summed E-state index contributed by atoms with van der Waals surface area (Å²) in [6.07, 6.45) is 4.80. The van der Waals surface area contributed by atoms with Crippen LogP contribution in [0.2, 0.25) is 5.02 Å². The maximum absolute atomic E-state index is 12.2. The Kier molecular flexibility index (Phi) is 7.04. The van der Waals surface area contributed by atoms with Crippen molar-refractivity contribution in [2.45, 2.75) is 57.1 Å². The number of halogens is 1. The molecule has 7 rings (SSSR count). The third-order valence-corrected chi connectivity index (χ3v) is 8.85. The fourth-order valence-electron chi connectivity index (χ4n) is 6.19. The molecule has 3 aliphatic heterocycles. The Bertz CT molecular complexity index is 1630. The summed E-state index contributed by atoms with van der Waals surface area (Å²) in [5, 5.41) is 0.572. The highest BCUT2D eigenvalue weighted by molar-refractivity contribution is 6.30. The van der Waals surface area contributed by atoms with Crippen LogP contribution in [0.25, 0.3) is 11.0 Å². The van der Waals surface area contributed by atoms with Crippen molar-refractivity contribution in [2.75, 3.05) is 26.8 Å². The summed E-state index contributed by atoms with van der Waals surface area (Å²) < 4.78 is 25.7. The Morgan fingerprint density at radius 1 is 1.12 bits per heavy atom. The number of hydrogen-bond donors (Lipinski definition) is 0. The lowest BCUT2D eigenvalue weighted by Gasteiger charge is -2.33. The first kappa shape index (κ1) is 27.2. The highest BCUT2D eigenvalue weighted by atomic mass is 35.5. The molecule has 3 aliphatic rings. The fraction of sp³-hybridized carbons (Fsp3) is 0.406. The molecule has 0 spiro atoms. The summed E-state index contributed by atoms with van der Waals surface area (Å²) >= 11 is 6.05. The second-order valence-corrected chi connectivity index (χ2v) is 11.8. The van der Waals surface area contributed by atoms with Crippen molar-refractivity contribution < 1.29 is 23.7 Å². The van der Waals surface area contributed by atoms with Gasteiger partial charge in [0, 0.05) is 25.3 Å². The number of piperidine rings is 1. The molecule has 218 valence electrons. The van der Waals surface area contributed by atoms with Crippen LogP contribution in [0.3, 0.4) is 0 Å². The largest absolute Gasteiger partial charge is 0.465 e. The summed E-state index contributed by atoms with van der Waals surface area (Å²) in [6.45, 7) is 6.00. The number of pyridine rings is 1. The molecule has 0 radical (unpaired) electrons. The van der Waals surface area contributed by atoms with Gasteiger partial charge in [0.2, 0.25) is 0 Å². The van der Waals surface area contributed by atoms with Crippen molar-refractivity contribution in [1.82, 2.24) is 19.4 Å². The van der Waals surface area contributed by atoms with Crippen LogP contribution in [0.5, 0.6) is 11.5 Å². The van der Waals surface area contributed by atoms with Gasteiger partial charge >= 0.3 is 5.97 Å². The molecule has 2 fully saturated rings. The number of imidazole rings is 1. The normalized spacial score (nSPS) is 22.3. The molecule has 4 aromatic rings. The van der Waals surface area contributed by atoms with Gasteiger partial charge in [-0.15, -0.1) is 0 Å². The molecule has 2 aromatic carbocycles. The van der Waals surface area contributed by atoms with E-state index in [0.717, 1.165) is 80.4 Å². The van der Waals surface area contributed by atoms with Crippen LogP contribution in [0.1, 0.15) is 59.5 Å². The lowest BCUT2D eigenvalue weighted by molar-refractivity contribution is -0.0722. The first-order valence-corrected chi connectivity index (χ1v) is 14.8. The zero-order chi connectivity index (χ0) is 28.8. The Morgan fingerprint density at radius 3 is 2.67 bits per heavy atom. The maximum atomic E-state index is 12.2. The van der Waals surface area contributed by atoms with E-state index < -0.39 is 5.79 Å². The van der Waals surface area contributed by atoms with Gasteiger partial charge in [-0.1, -0.05) is 23.7 Å². The van der Waals surface area contributed by atoms with E-state index in [1.807, 2.05) is 37.3 Å². The van der Waals surface area contributed by atoms with E-state index >= 15 is 0 Å². The van der Waals surface area contributed by atoms with Crippen molar-refractivity contribution in [3.63, 3.8) is 0 Å². The summed E-state index contributed by atoms with van der Waals surface area (Å²) in [7, 11) is 1.40. The number of hydrogen-bond acceptors (Lipinski definition) is 8. The molecule has 2 aromatic heterocycles. The van der Waals surface area contributed by atoms with Gasteiger partial charge in [-0.25, -0.2) is 9.78 Å². The summed E-state index contributed by atoms with van der Waals surface area (Å²) in [4.78, 5) is 24.1. The number of aromatic nitrogens is 3. The van der Waals surface area contributed by atoms with E-state index in [0.29, 0.717) is 22.2 Å². The van der Waals surface area contributed by atoms with Gasteiger partial charge in [-0.2, -0.15) is 0 Å². The molecule has 0 saturated carbocycles. The molecule has 1 unspecified atom stereocenters. The van der Waals surface area contributed by atoms with Crippen LogP contribution < -0.4 is 9.47 Å². The van der Waals surface area contributed by atoms with Gasteiger partial charge in [0.25, 0.3) is 5.79 Å². The molecule has 10 heteroatoms. The lowest BCUT2D eigenvalue weighted by Crippen LogP contribution is -2.35. The van der Waals surface area contributed by atoms with Crippen LogP contribution in [-0.2, 0) is 28.4 Å². The Morgan fingerprint density at radius 2 is 1.95 bits per heavy atom. The number of nitrogens with zero attached hydrogens (tertiary/aromatic N) is 4. The molecule has 0 amide bonds. The minimum Gasteiger partial charge on any atom is -0.465 e. The van der Waals surface area contributed by atoms with Gasteiger partial charge in [-0.3, -0.25) is 9.88 Å². The number of methoxy groups -OCH3 is 1. The molecular weight excluding hydrogens is 556 g/mol. The minimum absolute atomic E-state index is 0.171. The number of rotatable bonds is 7. The molecule has 0 N–H and O–H groups in total. The molecule has 9 nitrogen and oxygen atoms in total. The van der Waals surface area contributed by atoms with Crippen LogP contribution in [0.15, 0.2) is 54.7 Å². The average Bonchev–Trinajstić information content (AvgIpc) is 3.51. The molecule has 0 bridgehead atoms. The number of carbonyl (C=O) groups excluding carboxylic acids is 1. The molecule has 2 saturated heterocycles. The first-order valence-electron chi connectivity index (χ1n) is 14.4. The minimum atomic E-state index is -0.999. The van der Waals surface area contributed by atoms with Crippen molar-refractivity contribution in [3.8, 4) is 11.5 Å². The van der Waals surface area contributed by atoms with Crippen LogP contribution in [0.4, 0.5) is 0 Å². The number of esters is 1. The van der Waals surface area contributed by atoms with E-state index in [4.69, 9.17) is 35.5 Å². The predicted octanol–water partition coefficient (Wildman–Crippen LogP) is 5.68. The number of para-hydroxylation sites is 1. The Hall–Kier alpha value is -3.66. The lowest BCUT2D eigenvalue weighted by atomic mass is 9.88. The molecule has 42 heavy (non-hydrogen) atoms. The van der Waals surface area contributed by atoms with E-state index in [2.05, 4.69) is 20.5 Å². The SMILES string of the molecule is COC(=O)c1ccc2nc(CN3CCC(c4cccc5c4OC(C)(c4ccc(Cl)cn4)O5)CC3)n(C[C@@H]3CCO3)c2c1. The first-order chi connectivity index (χ1) is 20.4. The number of carbonyl (C=O) groups is 1. The monoisotopic (exact) mass is 588 g/mol. The van der Waals surface area contributed by atoms with Gasteiger partial charge in [0.1, 0.15) is 11.5 Å². The fourth-order valence-corrected chi connectivity index (χ4v) is 6.31. The highest BCUT2D eigenvalue weighted by Gasteiger charge is 2.42. The Labute approximate surface area is 249 Å². The van der Waals surface area contributed by atoms with Gasteiger partial charge in [-0.05, 0) is 74.7 Å². The quantitative estimate of drug-likeness (QED) is 0.255. The summed E-state index contributed by atoms with van der Waals surface area (Å²) in [5.41, 5.74) is 4.19. The second-order valence-electron chi connectivity index (χ2n) is 11.4. The second kappa shape index (κ2) is 10.9. The van der Waals surface area contributed by atoms with Crippen LogP contribution in [0, 0.1) is 0 Å². The number of likely N-dealkylation sites (tertiary alicyclic amines) is 1. The number of fused-ring (bicyclic) bond motifs is 2. The summed E-state index contributed by atoms with van der Waals surface area (Å²) in [6, 6.07) is 15.4. The van der Waals surface area contributed by atoms with Crippen molar-refractivity contribution in [3.05, 3.63) is 82.4 Å².